The summed E-state index contributed by atoms with van der Waals surface area (Å²) in [6.45, 7) is 0. The van der Waals surface area contributed by atoms with Crippen LogP contribution in [0.3, 0.4) is 0 Å². The van der Waals surface area contributed by atoms with Crippen LogP contribution in [-0.2, 0) is 16.0 Å². The van der Waals surface area contributed by atoms with Crippen LogP contribution in [0.15, 0.2) is 53.4 Å². The first-order valence-corrected chi connectivity index (χ1v) is 9.07. The zero-order valence-electron chi connectivity index (χ0n) is 14.1. The van der Waals surface area contributed by atoms with Crippen molar-refractivity contribution in [3.8, 4) is 0 Å². The molecule has 1 heterocycles. The second-order valence-electron chi connectivity index (χ2n) is 6.07. The van der Waals surface area contributed by atoms with Crippen LogP contribution in [0.25, 0.3) is 0 Å². The van der Waals surface area contributed by atoms with Gasteiger partial charge in [0.2, 0.25) is 11.8 Å². The van der Waals surface area contributed by atoms with E-state index in [2.05, 4.69) is 10.6 Å². The topological polar surface area (TPSA) is 75.3 Å². The average Bonchev–Trinajstić information content (AvgIpc) is 2.94. The minimum atomic E-state index is -2.50. The summed E-state index contributed by atoms with van der Waals surface area (Å²) in [5.74, 6) is -3.73. The maximum absolute atomic E-state index is 12.3. The van der Waals surface area contributed by atoms with Gasteiger partial charge in [-0.2, -0.15) is 8.78 Å². The first-order valence-electron chi connectivity index (χ1n) is 8.19. The van der Waals surface area contributed by atoms with Gasteiger partial charge in [0.05, 0.1) is 5.92 Å². The van der Waals surface area contributed by atoms with E-state index in [0.29, 0.717) is 34.3 Å². The number of rotatable bonds is 6. The second-order valence-corrected chi connectivity index (χ2v) is 7.13. The molecule has 0 aliphatic carbocycles. The minimum Gasteiger partial charge on any atom is -0.322 e. The van der Waals surface area contributed by atoms with Crippen molar-refractivity contribution in [1.29, 1.82) is 0 Å². The summed E-state index contributed by atoms with van der Waals surface area (Å²) in [6, 6.07) is 12.9. The molecule has 3 amide bonds. The molecular formula is C19H16F2N2O3S. The number of hydrogen-bond acceptors (Lipinski definition) is 4. The average molecular weight is 390 g/mol. The van der Waals surface area contributed by atoms with Crippen molar-refractivity contribution >= 4 is 35.2 Å². The molecular weight excluding hydrogens is 374 g/mol. The van der Waals surface area contributed by atoms with Crippen molar-refractivity contribution in [1.82, 2.24) is 5.32 Å². The third-order valence-electron chi connectivity index (χ3n) is 4.10. The molecule has 2 aromatic rings. The van der Waals surface area contributed by atoms with E-state index in [1.165, 1.54) is 24.3 Å². The number of nitrogens with one attached hydrogen (secondary N) is 2. The summed E-state index contributed by atoms with van der Waals surface area (Å²) in [5.41, 5.74) is 1.82. The molecule has 1 aliphatic rings. The van der Waals surface area contributed by atoms with E-state index in [4.69, 9.17) is 0 Å². The molecule has 0 bridgehead atoms. The summed E-state index contributed by atoms with van der Waals surface area (Å²) in [5, 5.41) is 5.01. The van der Waals surface area contributed by atoms with Crippen LogP contribution in [0.2, 0.25) is 0 Å². The Hall–Kier alpha value is -2.74. The van der Waals surface area contributed by atoms with Crippen molar-refractivity contribution in [3.05, 3.63) is 59.7 Å². The van der Waals surface area contributed by atoms with E-state index in [1.807, 2.05) is 0 Å². The van der Waals surface area contributed by atoms with Crippen LogP contribution in [0.5, 0.6) is 0 Å². The Balaban J connectivity index is 1.58. The molecule has 2 aromatic carbocycles. The first kappa shape index (κ1) is 19.0. The van der Waals surface area contributed by atoms with Gasteiger partial charge >= 0.3 is 0 Å². The molecule has 5 nitrogen and oxygen atoms in total. The van der Waals surface area contributed by atoms with E-state index >= 15 is 0 Å². The van der Waals surface area contributed by atoms with Crippen LogP contribution >= 0.6 is 11.8 Å². The van der Waals surface area contributed by atoms with Crippen LogP contribution < -0.4 is 10.6 Å². The molecule has 1 fully saturated rings. The molecule has 27 heavy (non-hydrogen) atoms. The number of thioether (sulfide) groups is 1. The highest BCUT2D eigenvalue weighted by Gasteiger charge is 2.30. The highest BCUT2D eigenvalue weighted by Crippen LogP contribution is 2.25. The maximum Gasteiger partial charge on any atom is 0.288 e. The standard InChI is InChI=1S/C19H16F2N2O3S/c20-19(21)27-15-7-3-12(4-8-15)17(25)22-14-5-1-11(2-6-14)9-13-10-16(24)23-18(13)26/h1-8,13,19H,9-10H2,(H,22,25)(H,23,24,26). The van der Waals surface area contributed by atoms with Crippen molar-refractivity contribution in [2.75, 3.05) is 5.32 Å². The predicted octanol–water partition coefficient (Wildman–Crippen LogP) is 3.46. The summed E-state index contributed by atoms with van der Waals surface area (Å²) < 4.78 is 24.6. The molecule has 2 N–H and O–H groups in total. The molecule has 1 saturated heterocycles. The summed E-state index contributed by atoms with van der Waals surface area (Å²) in [4.78, 5) is 35.5. The summed E-state index contributed by atoms with van der Waals surface area (Å²) in [7, 11) is 0. The Morgan fingerprint density at radius 2 is 1.78 bits per heavy atom. The number of benzene rings is 2. The van der Waals surface area contributed by atoms with Gasteiger partial charge in [0.25, 0.3) is 11.7 Å². The lowest BCUT2D eigenvalue weighted by atomic mass is 9.98. The van der Waals surface area contributed by atoms with E-state index < -0.39 is 5.76 Å². The number of alkyl halides is 2. The van der Waals surface area contributed by atoms with E-state index in [-0.39, 0.29) is 30.1 Å². The van der Waals surface area contributed by atoms with Crippen molar-refractivity contribution in [2.45, 2.75) is 23.5 Å². The van der Waals surface area contributed by atoms with Gasteiger partial charge in [-0.15, -0.1) is 0 Å². The van der Waals surface area contributed by atoms with Gasteiger partial charge in [-0.05, 0) is 48.4 Å². The van der Waals surface area contributed by atoms with Crippen LogP contribution in [0.4, 0.5) is 14.5 Å². The van der Waals surface area contributed by atoms with Crippen molar-refractivity contribution in [3.63, 3.8) is 0 Å². The molecule has 0 radical (unpaired) electrons. The van der Waals surface area contributed by atoms with Crippen molar-refractivity contribution < 1.29 is 23.2 Å². The zero-order valence-corrected chi connectivity index (χ0v) is 14.9. The molecule has 0 aromatic heterocycles. The Morgan fingerprint density at radius 3 is 2.33 bits per heavy atom. The Labute approximate surface area is 158 Å². The van der Waals surface area contributed by atoms with Gasteiger partial charge in [-0.1, -0.05) is 23.9 Å². The summed E-state index contributed by atoms with van der Waals surface area (Å²) in [6.07, 6.45) is 0.645. The number of halogens is 2. The van der Waals surface area contributed by atoms with Crippen LogP contribution in [0, 0.1) is 5.92 Å². The largest absolute Gasteiger partial charge is 0.322 e. The quantitative estimate of drug-likeness (QED) is 0.585. The molecule has 0 saturated carbocycles. The third-order valence-corrected chi connectivity index (χ3v) is 4.82. The Morgan fingerprint density at radius 1 is 1.11 bits per heavy atom. The van der Waals surface area contributed by atoms with E-state index in [9.17, 15) is 23.2 Å². The molecule has 1 atom stereocenters. The molecule has 140 valence electrons. The molecule has 3 rings (SSSR count). The lowest BCUT2D eigenvalue weighted by Gasteiger charge is -2.09. The Kier molecular flexibility index (Phi) is 5.85. The fourth-order valence-electron chi connectivity index (χ4n) is 2.77. The van der Waals surface area contributed by atoms with Gasteiger partial charge < -0.3 is 5.32 Å². The van der Waals surface area contributed by atoms with E-state index in [0.717, 1.165) is 5.56 Å². The smallest absolute Gasteiger partial charge is 0.288 e. The number of imide groups is 1. The van der Waals surface area contributed by atoms with Crippen LogP contribution in [0.1, 0.15) is 22.3 Å². The zero-order chi connectivity index (χ0) is 19.4. The summed E-state index contributed by atoms with van der Waals surface area (Å²) >= 11 is 0.423. The van der Waals surface area contributed by atoms with Gasteiger partial charge in [0.15, 0.2) is 0 Å². The number of amides is 3. The number of anilines is 1. The predicted molar refractivity (Wildman–Crippen MR) is 97.7 cm³/mol. The molecule has 1 aliphatic heterocycles. The van der Waals surface area contributed by atoms with Gasteiger partial charge in [-0.25, -0.2) is 0 Å². The molecule has 8 heteroatoms. The number of carbonyl (C=O) groups is 3. The first-order chi connectivity index (χ1) is 12.9. The van der Waals surface area contributed by atoms with Gasteiger partial charge in [0, 0.05) is 22.6 Å². The fraction of sp³-hybridized carbons (Fsp3) is 0.211. The van der Waals surface area contributed by atoms with E-state index in [1.54, 1.807) is 24.3 Å². The maximum atomic E-state index is 12.3. The fourth-order valence-corrected chi connectivity index (χ4v) is 3.27. The minimum absolute atomic E-state index is 0.192. The number of carbonyl (C=O) groups excluding carboxylic acids is 3. The normalized spacial score (nSPS) is 16.5. The highest BCUT2D eigenvalue weighted by atomic mass is 32.2. The Bertz CT molecular complexity index is 854. The van der Waals surface area contributed by atoms with Gasteiger partial charge in [0.1, 0.15) is 0 Å². The molecule has 1 unspecified atom stereocenters. The van der Waals surface area contributed by atoms with Crippen LogP contribution in [-0.4, -0.2) is 23.5 Å². The molecule has 0 spiro atoms. The number of hydrogen-bond donors (Lipinski definition) is 2. The third kappa shape index (κ3) is 5.13. The highest BCUT2D eigenvalue weighted by molar-refractivity contribution is 7.99. The van der Waals surface area contributed by atoms with Crippen molar-refractivity contribution in [2.24, 2.45) is 5.92 Å². The van der Waals surface area contributed by atoms with Gasteiger partial charge in [-0.3, -0.25) is 19.7 Å². The SMILES string of the molecule is O=C1CC(Cc2ccc(NC(=O)c3ccc(SC(F)F)cc3)cc2)C(=O)N1. The lowest BCUT2D eigenvalue weighted by molar-refractivity contribution is -0.125. The second kappa shape index (κ2) is 8.30. The monoisotopic (exact) mass is 390 g/mol. The lowest BCUT2D eigenvalue weighted by Crippen LogP contribution is -2.22.